The smallest absolute Gasteiger partial charge is 0.335 e. The number of benzene rings is 1. The molecule has 1 N–H and O–H groups in total. The van der Waals surface area contributed by atoms with Crippen LogP contribution in [-0.2, 0) is 18.3 Å². The van der Waals surface area contributed by atoms with E-state index in [-0.39, 0.29) is 11.5 Å². The average Bonchev–Trinajstić information content (AvgIpc) is 3.02. The van der Waals surface area contributed by atoms with Crippen molar-refractivity contribution in [2.45, 2.75) is 26.2 Å². The van der Waals surface area contributed by atoms with E-state index in [0.29, 0.717) is 13.0 Å². The van der Waals surface area contributed by atoms with Gasteiger partial charge >= 0.3 is 5.97 Å². The minimum atomic E-state index is -0.962. The molecule has 0 aliphatic carbocycles. The van der Waals surface area contributed by atoms with Gasteiger partial charge in [0.05, 0.1) is 16.8 Å². The summed E-state index contributed by atoms with van der Waals surface area (Å²) in [5.74, 6) is -0.895. The van der Waals surface area contributed by atoms with Crippen LogP contribution in [0.15, 0.2) is 18.3 Å². The number of aromatic carboxylic acids is 1. The number of rotatable bonds is 3. The molecule has 21 heavy (non-hydrogen) atoms. The number of carbonyl (C=O) groups excluding carboxylic acids is 1. The Bertz CT molecular complexity index is 746. The van der Waals surface area contributed by atoms with Crippen LogP contribution in [0.1, 0.15) is 35.7 Å². The van der Waals surface area contributed by atoms with Gasteiger partial charge in [0.15, 0.2) is 0 Å². The molecule has 1 aliphatic heterocycles. The Kier molecular flexibility index (Phi) is 3.20. The van der Waals surface area contributed by atoms with E-state index in [4.69, 9.17) is 0 Å². The third kappa shape index (κ3) is 2.09. The Morgan fingerprint density at radius 2 is 2.14 bits per heavy atom. The van der Waals surface area contributed by atoms with Gasteiger partial charge in [-0.2, -0.15) is 0 Å². The second-order valence-electron chi connectivity index (χ2n) is 5.46. The molecule has 1 aliphatic rings. The summed E-state index contributed by atoms with van der Waals surface area (Å²) in [7, 11) is 1.94. The van der Waals surface area contributed by atoms with Crippen molar-refractivity contribution in [3.8, 4) is 0 Å². The number of fused-ring (bicyclic) bond motifs is 1. The summed E-state index contributed by atoms with van der Waals surface area (Å²) in [6, 6.07) is 3.33. The van der Waals surface area contributed by atoms with Crippen molar-refractivity contribution in [3.63, 3.8) is 0 Å². The number of hydrogen-bond acceptors (Lipinski definition) is 2. The van der Waals surface area contributed by atoms with E-state index in [9.17, 15) is 14.7 Å². The molecule has 2 aromatic rings. The number of anilines is 1. The lowest BCUT2D eigenvalue weighted by atomic mass is 10.1. The molecule has 0 bridgehead atoms. The number of amides is 1. The van der Waals surface area contributed by atoms with Gasteiger partial charge in [0.2, 0.25) is 5.91 Å². The molecule has 3 rings (SSSR count). The van der Waals surface area contributed by atoms with Gasteiger partial charge in [-0.3, -0.25) is 4.79 Å². The van der Waals surface area contributed by atoms with Crippen LogP contribution in [0.25, 0.3) is 10.9 Å². The van der Waals surface area contributed by atoms with Crippen molar-refractivity contribution in [2.24, 2.45) is 7.05 Å². The van der Waals surface area contributed by atoms with E-state index in [1.807, 2.05) is 24.7 Å². The van der Waals surface area contributed by atoms with Crippen LogP contribution >= 0.6 is 0 Å². The van der Waals surface area contributed by atoms with Crippen LogP contribution in [0.3, 0.4) is 0 Å². The van der Waals surface area contributed by atoms with Gasteiger partial charge < -0.3 is 14.6 Å². The lowest BCUT2D eigenvalue weighted by Crippen LogP contribution is -2.24. The highest BCUT2D eigenvalue weighted by atomic mass is 16.4. The minimum Gasteiger partial charge on any atom is -0.478 e. The fraction of sp³-hybridized carbons (Fsp3) is 0.375. The summed E-state index contributed by atoms with van der Waals surface area (Å²) in [4.78, 5) is 25.2. The lowest BCUT2D eigenvalue weighted by Gasteiger charge is -2.18. The van der Waals surface area contributed by atoms with Gasteiger partial charge in [-0.15, -0.1) is 0 Å². The Balaban J connectivity index is 2.32. The van der Waals surface area contributed by atoms with Crippen molar-refractivity contribution in [1.29, 1.82) is 0 Å². The fourth-order valence-electron chi connectivity index (χ4n) is 3.12. The molecule has 2 heterocycles. The number of hydrogen-bond donors (Lipinski definition) is 1. The number of aryl methyl sites for hydroxylation is 2. The van der Waals surface area contributed by atoms with Gasteiger partial charge in [-0.05, 0) is 30.5 Å². The molecule has 1 fully saturated rings. The number of carbonyl (C=O) groups is 2. The van der Waals surface area contributed by atoms with E-state index in [2.05, 4.69) is 0 Å². The van der Waals surface area contributed by atoms with Crippen LogP contribution in [0.5, 0.6) is 0 Å². The third-order valence-corrected chi connectivity index (χ3v) is 4.13. The van der Waals surface area contributed by atoms with E-state index >= 15 is 0 Å². The second kappa shape index (κ2) is 4.91. The van der Waals surface area contributed by atoms with Crippen molar-refractivity contribution in [2.75, 3.05) is 11.4 Å². The molecule has 0 radical (unpaired) electrons. The van der Waals surface area contributed by atoms with E-state index in [1.165, 1.54) is 0 Å². The highest BCUT2D eigenvalue weighted by Crippen LogP contribution is 2.34. The zero-order chi connectivity index (χ0) is 15.1. The first-order chi connectivity index (χ1) is 10.0. The summed E-state index contributed by atoms with van der Waals surface area (Å²) in [5.41, 5.74) is 2.99. The van der Waals surface area contributed by atoms with Crippen molar-refractivity contribution in [3.05, 3.63) is 29.5 Å². The first kappa shape index (κ1) is 13.7. The van der Waals surface area contributed by atoms with Gasteiger partial charge in [0, 0.05) is 31.6 Å². The zero-order valence-electron chi connectivity index (χ0n) is 12.2. The summed E-state index contributed by atoms with van der Waals surface area (Å²) >= 11 is 0. The van der Waals surface area contributed by atoms with Gasteiger partial charge in [-0.1, -0.05) is 6.92 Å². The Labute approximate surface area is 122 Å². The Hall–Kier alpha value is -2.30. The molecule has 1 saturated heterocycles. The molecule has 5 nitrogen and oxygen atoms in total. The number of nitrogens with zero attached hydrogens (tertiary/aromatic N) is 2. The van der Waals surface area contributed by atoms with E-state index < -0.39 is 5.97 Å². The first-order valence-corrected chi connectivity index (χ1v) is 7.18. The Morgan fingerprint density at radius 3 is 2.71 bits per heavy atom. The third-order valence-electron chi connectivity index (χ3n) is 4.13. The molecule has 1 amide bonds. The summed E-state index contributed by atoms with van der Waals surface area (Å²) < 4.78 is 1.99. The molecule has 5 heteroatoms. The zero-order valence-corrected chi connectivity index (χ0v) is 12.2. The molecular formula is C16H18N2O3. The predicted octanol–water partition coefficient (Wildman–Crippen LogP) is 2.57. The summed E-state index contributed by atoms with van der Waals surface area (Å²) in [5, 5.41) is 10.3. The second-order valence-corrected chi connectivity index (χ2v) is 5.46. The topological polar surface area (TPSA) is 62.5 Å². The molecular weight excluding hydrogens is 268 g/mol. The van der Waals surface area contributed by atoms with Crippen molar-refractivity contribution < 1.29 is 14.7 Å². The van der Waals surface area contributed by atoms with Crippen LogP contribution in [0.2, 0.25) is 0 Å². The maximum Gasteiger partial charge on any atom is 0.335 e. The first-order valence-electron chi connectivity index (χ1n) is 7.18. The van der Waals surface area contributed by atoms with Crippen molar-refractivity contribution in [1.82, 2.24) is 4.57 Å². The normalized spacial score (nSPS) is 15.1. The molecule has 110 valence electrons. The highest BCUT2D eigenvalue weighted by molar-refractivity contribution is 6.07. The highest BCUT2D eigenvalue weighted by Gasteiger charge is 2.26. The quantitative estimate of drug-likeness (QED) is 0.943. The molecule has 0 unspecified atom stereocenters. The van der Waals surface area contributed by atoms with Gasteiger partial charge in [0.25, 0.3) is 0 Å². The number of carboxylic acids is 1. The molecule has 0 saturated carbocycles. The van der Waals surface area contributed by atoms with Crippen molar-refractivity contribution >= 4 is 28.5 Å². The van der Waals surface area contributed by atoms with Gasteiger partial charge in [-0.25, -0.2) is 4.79 Å². The van der Waals surface area contributed by atoms with Gasteiger partial charge in [0.1, 0.15) is 0 Å². The standard InChI is InChI=1S/C16H18N2O3/c1-3-10-9-17(2)15-12(10)7-11(16(20)21)8-13(15)18-6-4-5-14(18)19/h7-9H,3-6H2,1-2H3,(H,20,21). The summed E-state index contributed by atoms with van der Waals surface area (Å²) in [6.07, 6.45) is 4.20. The molecule has 1 aromatic carbocycles. The van der Waals surface area contributed by atoms with Crippen LogP contribution < -0.4 is 4.90 Å². The average molecular weight is 286 g/mol. The SMILES string of the molecule is CCc1cn(C)c2c(N3CCCC3=O)cc(C(=O)O)cc12. The molecule has 0 spiro atoms. The minimum absolute atomic E-state index is 0.0677. The lowest BCUT2D eigenvalue weighted by molar-refractivity contribution is -0.117. The molecule has 1 aromatic heterocycles. The maximum atomic E-state index is 12.1. The van der Waals surface area contributed by atoms with Crippen LogP contribution in [-0.4, -0.2) is 28.1 Å². The monoisotopic (exact) mass is 286 g/mol. The maximum absolute atomic E-state index is 12.1. The van der Waals surface area contributed by atoms with Crippen LogP contribution in [0.4, 0.5) is 5.69 Å². The molecule has 0 atom stereocenters. The fourth-order valence-corrected chi connectivity index (χ4v) is 3.12. The van der Waals surface area contributed by atoms with E-state index in [0.717, 1.165) is 35.0 Å². The largest absolute Gasteiger partial charge is 0.478 e. The predicted molar refractivity (Wildman–Crippen MR) is 80.8 cm³/mol. The number of aromatic nitrogens is 1. The van der Waals surface area contributed by atoms with Crippen LogP contribution in [0, 0.1) is 0 Å². The number of carboxylic acid groups (broad SMARTS) is 1. The summed E-state index contributed by atoms with van der Waals surface area (Å²) in [6.45, 7) is 2.70. The Morgan fingerprint density at radius 1 is 1.38 bits per heavy atom. The van der Waals surface area contributed by atoms with E-state index in [1.54, 1.807) is 17.0 Å².